The molecular weight excluding hydrogens is 451 g/mol. The summed E-state index contributed by atoms with van der Waals surface area (Å²) in [5.41, 5.74) is 3.73. The van der Waals surface area contributed by atoms with Gasteiger partial charge in [0.1, 0.15) is 10.6 Å². The van der Waals surface area contributed by atoms with Gasteiger partial charge in [0.15, 0.2) is 0 Å². The third kappa shape index (κ3) is 4.42. The Morgan fingerprint density at radius 1 is 1.27 bits per heavy atom. The van der Waals surface area contributed by atoms with Crippen LogP contribution in [0.15, 0.2) is 35.2 Å². The zero-order valence-corrected chi connectivity index (χ0v) is 16.5. The molecule has 0 atom stereocenters. The van der Waals surface area contributed by atoms with E-state index in [-0.39, 0.29) is 33.9 Å². The number of nitrogens with one attached hydrogen (secondary N) is 2. The van der Waals surface area contributed by atoms with Gasteiger partial charge in [0.05, 0.1) is 17.7 Å². The number of halogens is 4. The molecule has 3 aromatic rings. The van der Waals surface area contributed by atoms with Crippen molar-refractivity contribution in [2.24, 2.45) is 0 Å². The number of ether oxygens (including phenoxy) is 1. The summed E-state index contributed by atoms with van der Waals surface area (Å²) in [6, 6.07) is 5.02. The SMILES string of the molecule is COc1cc(-c2c(Cl)cc(Nc3n[nH]c(N)n3)cc2C(F)(F)F)ccc1S(=O)(=O)O. The van der Waals surface area contributed by atoms with E-state index in [9.17, 15) is 26.1 Å². The van der Waals surface area contributed by atoms with Gasteiger partial charge in [0.2, 0.25) is 11.9 Å². The van der Waals surface area contributed by atoms with E-state index in [1.807, 2.05) is 0 Å². The highest BCUT2D eigenvalue weighted by molar-refractivity contribution is 7.86. The molecule has 1 aromatic heterocycles. The number of methoxy groups -OCH3 is 1. The van der Waals surface area contributed by atoms with Crippen LogP contribution < -0.4 is 15.8 Å². The molecule has 0 spiro atoms. The van der Waals surface area contributed by atoms with Crippen molar-refractivity contribution >= 4 is 39.3 Å². The van der Waals surface area contributed by atoms with Crippen LogP contribution in [0.25, 0.3) is 11.1 Å². The molecule has 14 heteroatoms. The first-order chi connectivity index (χ1) is 13.9. The summed E-state index contributed by atoms with van der Waals surface area (Å²) in [6.45, 7) is 0. The summed E-state index contributed by atoms with van der Waals surface area (Å²) in [7, 11) is -3.54. The summed E-state index contributed by atoms with van der Waals surface area (Å²) in [5.74, 6) is -0.455. The molecule has 160 valence electrons. The summed E-state index contributed by atoms with van der Waals surface area (Å²) in [5, 5.41) is 8.27. The fraction of sp³-hybridized carbons (Fsp3) is 0.125. The van der Waals surface area contributed by atoms with Crippen molar-refractivity contribution in [2.75, 3.05) is 18.2 Å². The topological polar surface area (TPSA) is 143 Å². The van der Waals surface area contributed by atoms with Crippen LogP contribution in [-0.4, -0.2) is 35.3 Å². The second kappa shape index (κ2) is 7.66. The quantitative estimate of drug-likeness (QED) is 0.419. The number of benzene rings is 2. The maximum Gasteiger partial charge on any atom is 0.417 e. The number of H-pyrrole nitrogens is 1. The van der Waals surface area contributed by atoms with Gasteiger partial charge >= 0.3 is 6.18 Å². The maximum atomic E-state index is 13.8. The van der Waals surface area contributed by atoms with Gasteiger partial charge in [-0.15, -0.1) is 5.10 Å². The van der Waals surface area contributed by atoms with Gasteiger partial charge in [-0.3, -0.25) is 4.55 Å². The molecule has 1 heterocycles. The monoisotopic (exact) mass is 463 g/mol. The van der Waals surface area contributed by atoms with Crippen LogP contribution in [0.3, 0.4) is 0 Å². The Labute approximate surface area is 172 Å². The number of nitrogen functional groups attached to an aromatic ring is 1. The molecular formula is C16H13ClF3N5O4S. The molecule has 0 bridgehead atoms. The summed E-state index contributed by atoms with van der Waals surface area (Å²) in [4.78, 5) is 3.14. The minimum atomic E-state index is -4.82. The predicted molar refractivity (Wildman–Crippen MR) is 102 cm³/mol. The molecule has 0 amide bonds. The first-order valence-electron chi connectivity index (χ1n) is 7.91. The smallest absolute Gasteiger partial charge is 0.417 e. The van der Waals surface area contributed by atoms with Crippen molar-refractivity contribution in [3.05, 3.63) is 40.9 Å². The van der Waals surface area contributed by atoms with Crippen molar-refractivity contribution in [3.63, 3.8) is 0 Å². The van der Waals surface area contributed by atoms with Crippen LogP contribution in [-0.2, 0) is 16.3 Å². The van der Waals surface area contributed by atoms with Gasteiger partial charge in [0.25, 0.3) is 10.1 Å². The highest BCUT2D eigenvalue weighted by atomic mass is 35.5. The lowest BCUT2D eigenvalue weighted by molar-refractivity contribution is -0.137. The minimum absolute atomic E-state index is 0.0396. The molecule has 0 aliphatic carbocycles. The van der Waals surface area contributed by atoms with Crippen LogP contribution in [0, 0.1) is 0 Å². The van der Waals surface area contributed by atoms with E-state index >= 15 is 0 Å². The van der Waals surface area contributed by atoms with Crippen LogP contribution in [0.2, 0.25) is 5.02 Å². The van der Waals surface area contributed by atoms with Crippen LogP contribution in [0.5, 0.6) is 5.75 Å². The largest absolute Gasteiger partial charge is 0.495 e. The molecule has 3 rings (SSSR count). The molecule has 2 aromatic carbocycles. The fourth-order valence-corrected chi connectivity index (χ4v) is 3.66. The number of nitrogens with zero attached hydrogens (tertiary/aromatic N) is 2. The lowest BCUT2D eigenvalue weighted by atomic mass is 9.98. The number of anilines is 3. The van der Waals surface area contributed by atoms with E-state index < -0.39 is 32.3 Å². The van der Waals surface area contributed by atoms with E-state index in [1.54, 1.807) is 0 Å². The third-order valence-electron chi connectivity index (χ3n) is 3.88. The van der Waals surface area contributed by atoms with Crippen molar-refractivity contribution in [3.8, 4) is 16.9 Å². The van der Waals surface area contributed by atoms with Crippen LogP contribution in [0.1, 0.15) is 5.56 Å². The second-order valence-corrected chi connectivity index (χ2v) is 7.69. The molecule has 5 N–H and O–H groups in total. The average molecular weight is 464 g/mol. The second-order valence-electron chi connectivity index (χ2n) is 5.89. The Morgan fingerprint density at radius 2 is 1.97 bits per heavy atom. The van der Waals surface area contributed by atoms with Gasteiger partial charge < -0.3 is 15.8 Å². The number of aromatic nitrogens is 3. The normalized spacial score (nSPS) is 12.1. The fourth-order valence-electron chi connectivity index (χ4n) is 2.69. The number of alkyl halides is 3. The summed E-state index contributed by atoms with van der Waals surface area (Å²) in [6.07, 6.45) is -4.82. The number of nitrogens with two attached hydrogens (primary N) is 1. The third-order valence-corrected chi connectivity index (χ3v) is 5.08. The maximum absolute atomic E-state index is 13.8. The summed E-state index contributed by atoms with van der Waals surface area (Å²) < 4.78 is 78.3. The van der Waals surface area contributed by atoms with Crippen molar-refractivity contribution in [1.82, 2.24) is 15.2 Å². The lowest BCUT2D eigenvalue weighted by Gasteiger charge is -2.18. The van der Waals surface area contributed by atoms with Crippen LogP contribution in [0.4, 0.5) is 30.8 Å². The molecule has 0 radical (unpaired) electrons. The molecule has 30 heavy (non-hydrogen) atoms. The van der Waals surface area contributed by atoms with Crippen LogP contribution >= 0.6 is 11.6 Å². The first kappa shape index (κ1) is 21.7. The Kier molecular flexibility index (Phi) is 5.54. The Balaban J connectivity index is 2.17. The molecule has 0 aliphatic rings. The minimum Gasteiger partial charge on any atom is -0.495 e. The zero-order valence-electron chi connectivity index (χ0n) is 15.0. The van der Waals surface area contributed by atoms with E-state index in [2.05, 4.69) is 20.5 Å². The number of hydrogen-bond donors (Lipinski definition) is 4. The molecule has 0 saturated heterocycles. The van der Waals surface area contributed by atoms with E-state index in [0.717, 1.165) is 31.4 Å². The predicted octanol–water partition coefficient (Wildman–Crippen LogP) is 3.72. The first-order valence-corrected chi connectivity index (χ1v) is 9.73. The van der Waals surface area contributed by atoms with Gasteiger partial charge in [0, 0.05) is 11.3 Å². The van der Waals surface area contributed by atoms with Crippen molar-refractivity contribution < 1.29 is 30.9 Å². The Morgan fingerprint density at radius 3 is 2.50 bits per heavy atom. The van der Waals surface area contributed by atoms with Crippen molar-refractivity contribution in [1.29, 1.82) is 0 Å². The standard InChI is InChI=1S/C16H13ClF3N5O4S/c1-29-11-4-7(2-3-12(11)30(26,27)28)13-9(16(18,19)20)5-8(6-10(13)17)22-15-23-14(21)24-25-15/h2-6H,1H3,(H,26,27,28)(H4,21,22,23,24,25). The Bertz CT molecular complexity index is 1210. The van der Waals surface area contributed by atoms with Crippen molar-refractivity contribution in [2.45, 2.75) is 11.1 Å². The lowest BCUT2D eigenvalue weighted by Crippen LogP contribution is -2.09. The van der Waals surface area contributed by atoms with E-state index in [4.69, 9.17) is 22.1 Å². The molecule has 0 saturated carbocycles. The molecule has 9 nitrogen and oxygen atoms in total. The van der Waals surface area contributed by atoms with Gasteiger partial charge in [-0.25, -0.2) is 5.10 Å². The molecule has 0 unspecified atom stereocenters. The highest BCUT2D eigenvalue weighted by Gasteiger charge is 2.36. The van der Waals surface area contributed by atoms with Gasteiger partial charge in [-0.2, -0.15) is 26.6 Å². The van der Waals surface area contributed by atoms with E-state index in [0.29, 0.717) is 0 Å². The summed E-state index contributed by atoms with van der Waals surface area (Å²) >= 11 is 6.15. The average Bonchev–Trinajstić information content (AvgIpc) is 3.04. The highest BCUT2D eigenvalue weighted by Crippen LogP contribution is 2.44. The van der Waals surface area contributed by atoms with E-state index in [1.165, 1.54) is 6.07 Å². The number of rotatable bonds is 5. The number of aromatic amines is 1. The Hall–Kier alpha value is -3.03. The molecule has 0 aliphatic heterocycles. The van der Waals surface area contributed by atoms with Gasteiger partial charge in [-0.1, -0.05) is 17.7 Å². The molecule has 0 fully saturated rings. The van der Waals surface area contributed by atoms with Gasteiger partial charge in [-0.05, 0) is 29.8 Å². The zero-order chi connectivity index (χ0) is 22.3. The number of hydrogen-bond acceptors (Lipinski definition) is 7.